The normalized spacial score (nSPS) is 12.8. The molecule has 0 fully saturated rings. The summed E-state index contributed by atoms with van der Waals surface area (Å²) in [4.78, 5) is 11.7. The van der Waals surface area contributed by atoms with Gasteiger partial charge in [-0.3, -0.25) is 4.79 Å². The van der Waals surface area contributed by atoms with Crippen molar-refractivity contribution in [3.63, 3.8) is 0 Å². The lowest BCUT2D eigenvalue weighted by Crippen LogP contribution is -2.28. The number of carbonyl (C=O) groups is 1. The Morgan fingerprint density at radius 1 is 1.04 bits per heavy atom. The summed E-state index contributed by atoms with van der Waals surface area (Å²) < 4.78 is 47.7. The molecule has 2 aromatic carbocycles. The molecule has 0 saturated heterocycles. The van der Waals surface area contributed by atoms with Gasteiger partial charge in [-0.1, -0.05) is 37.3 Å². The van der Waals surface area contributed by atoms with Gasteiger partial charge in [0.2, 0.25) is 9.84 Å². The quantitative estimate of drug-likeness (QED) is 0.813. The van der Waals surface area contributed by atoms with Gasteiger partial charge in [-0.15, -0.1) is 0 Å². The van der Waals surface area contributed by atoms with Crippen molar-refractivity contribution in [3.05, 3.63) is 65.7 Å². The number of sulfone groups is 1. The van der Waals surface area contributed by atoms with Crippen molar-refractivity contribution in [1.29, 1.82) is 0 Å². The summed E-state index contributed by atoms with van der Waals surface area (Å²) in [6.07, 6.45) is 0.843. The molecule has 0 aromatic heterocycles. The lowest BCUT2D eigenvalue weighted by atomic mass is 9.96. The minimum Gasteiger partial charge on any atom is -0.351 e. The van der Waals surface area contributed by atoms with E-state index in [1.165, 1.54) is 12.1 Å². The number of benzene rings is 2. The molecule has 0 saturated carbocycles. The monoisotopic (exact) mass is 367 g/mol. The summed E-state index contributed by atoms with van der Waals surface area (Å²) in [7, 11) is -4.65. The van der Waals surface area contributed by atoms with Crippen molar-refractivity contribution in [2.45, 2.75) is 29.9 Å². The van der Waals surface area contributed by atoms with Crippen molar-refractivity contribution in [1.82, 2.24) is 5.32 Å². The van der Waals surface area contributed by atoms with E-state index in [9.17, 15) is 22.0 Å². The zero-order valence-electron chi connectivity index (χ0n) is 13.7. The molecule has 0 aliphatic heterocycles. The zero-order chi connectivity index (χ0) is 18.4. The van der Waals surface area contributed by atoms with Crippen LogP contribution in [0, 0.1) is 0 Å². The molecule has 1 unspecified atom stereocenters. The van der Waals surface area contributed by atoms with Crippen molar-refractivity contribution in [2.24, 2.45) is 0 Å². The molecule has 4 nitrogen and oxygen atoms in total. The molecule has 1 atom stereocenters. The Labute approximate surface area is 145 Å². The maximum absolute atomic E-state index is 12.5. The fraction of sp³-hybridized carbons (Fsp3) is 0.278. The van der Waals surface area contributed by atoms with Crippen LogP contribution in [0.2, 0.25) is 0 Å². The van der Waals surface area contributed by atoms with E-state index in [1.807, 2.05) is 37.3 Å². The van der Waals surface area contributed by atoms with Crippen LogP contribution in [0.25, 0.3) is 0 Å². The minimum atomic E-state index is -4.65. The third kappa shape index (κ3) is 4.63. The van der Waals surface area contributed by atoms with Gasteiger partial charge in [-0.25, -0.2) is 8.42 Å². The average Bonchev–Trinajstić information content (AvgIpc) is 2.63. The molecule has 0 heterocycles. The smallest absolute Gasteiger partial charge is 0.341 e. The topological polar surface area (TPSA) is 63.2 Å². The zero-order valence-corrected chi connectivity index (χ0v) is 14.5. The van der Waals surface area contributed by atoms with Crippen molar-refractivity contribution >= 4 is 15.7 Å². The molecular formula is C18H19F2NO3S. The average molecular weight is 367 g/mol. The van der Waals surface area contributed by atoms with Gasteiger partial charge in [0.25, 0.3) is 5.91 Å². The third-order valence-corrected chi connectivity index (χ3v) is 5.35. The molecule has 134 valence electrons. The van der Waals surface area contributed by atoms with Gasteiger partial charge in [-0.05, 0) is 36.2 Å². The standard InChI is InChI=1S/C18H19F2NO3S/c1-2-13(14-6-4-3-5-7-14)12-21-17(22)15-8-10-16(11-9-15)25(23,24)18(19)20/h3-11,13,18H,2,12H2,1H3,(H,21,22). The summed E-state index contributed by atoms with van der Waals surface area (Å²) >= 11 is 0. The molecule has 1 amide bonds. The fourth-order valence-electron chi connectivity index (χ4n) is 2.44. The predicted molar refractivity (Wildman–Crippen MR) is 91.4 cm³/mol. The van der Waals surface area contributed by atoms with E-state index in [4.69, 9.17) is 0 Å². The SMILES string of the molecule is CCC(CNC(=O)c1ccc(S(=O)(=O)C(F)F)cc1)c1ccccc1. The van der Waals surface area contributed by atoms with E-state index in [0.29, 0.717) is 6.54 Å². The molecule has 25 heavy (non-hydrogen) atoms. The van der Waals surface area contributed by atoms with Crippen LogP contribution in [0.3, 0.4) is 0 Å². The Balaban J connectivity index is 2.04. The molecule has 0 aliphatic rings. The second-order valence-corrected chi connectivity index (χ2v) is 7.47. The number of rotatable bonds is 7. The van der Waals surface area contributed by atoms with Crippen LogP contribution in [-0.4, -0.2) is 26.6 Å². The van der Waals surface area contributed by atoms with E-state index in [2.05, 4.69) is 5.32 Å². The fourth-order valence-corrected chi connectivity index (χ4v) is 3.16. The highest BCUT2D eigenvalue weighted by atomic mass is 32.2. The van der Waals surface area contributed by atoms with Crippen molar-refractivity contribution < 1.29 is 22.0 Å². The molecule has 2 rings (SSSR count). The minimum absolute atomic E-state index is 0.156. The first-order chi connectivity index (χ1) is 11.9. The van der Waals surface area contributed by atoms with E-state index in [1.54, 1.807) is 0 Å². The Morgan fingerprint density at radius 3 is 2.16 bits per heavy atom. The van der Waals surface area contributed by atoms with Gasteiger partial charge in [0, 0.05) is 18.0 Å². The number of amides is 1. The van der Waals surface area contributed by atoms with Crippen LogP contribution in [0.5, 0.6) is 0 Å². The Bertz CT molecular complexity index is 806. The summed E-state index contributed by atoms with van der Waals surface area (Å²) in [5.74, 6) is -3.71. The van der Waals surface area contributed by atoms with Crippen LogP contribution < -0.4 is 5.32 Å². The van der Waals surface area contributed by atoms with E-state index in [0.717, 1.165) is 24.1 Å². The largest absolute Gasteiger partial charge is 0.351 e. The van der Waals surface area contributed by atoms with Gasteiger partial charge in [0.05, 0.1) is 4.90 Å². The predicted octanol–water partition coefficient (Wildman–Crippen LogP) is 3.61. The van der Waals surface area contributed by atoms with Gasteiger partial charge in [-0.2, -0.15) is 8.78 Å². The van der Waals surface area contributed by atoms with E-state index in [-0.39, 0.29) is 17.4 Å². The molecule has 0 radical (unpaired) electrons. The maximum atomic E-state index is 12.5. The molecule has 0 bridgehead atoms. The number of nitrogens with one attached hydrogen (secondary N) is 1. The Kier molecular flexibility index (Phi) is 6.25. The Morgan fingerprint density at radius 2 is 1.64 bits per heavy atom. The van der Waals surface area contributed by atoms with Gasteiger partial charge in [0.15, 0.2) is 0 Å². The number of carbonyl (C=O) groups excluding carboxylic acids is 1. The molecule has 7 heteroatoms. The lowest BCUT2D eigenvalue weighted by Gasteiger charge is -2.16. The van der Waals surface area contributed by atoms with Crippen LogP contribution >= 0.6 is 0 Å². The summed E-state index contributed by atoms with van der Waals surface area (Å²) in [5.41, 5.74) is 1.33. The third-order valence-electron chi connectivity index (χ3n) is 3.95. The van der Waals surface area contributed by atoms with Crippen LogP contribution in [0.1, 0.15) is 35.2 Å². The van der Waals surface area contributed by atoms with Crippen molar-refractivity contribution in [2.75, 3.05) is 6.54 Å². The molecule has 2 aromatic rings. The second kappa shape index (κ2) is 8.20. The van der Waals surface area contributed by atoms with Crippen molar-refractivity contribution in [3.8, 4) is 0 Å². The highest BCUT2D eigenvalue weighted by Crippen LogP contribution is 2.20. The molecule has 1 N–H and O–H groups in total. The van der Waals surface area contributed by atoms with Gasteiger partial charge in [0.1, 0.15) is 0 Å². The summed E-state index contributed by atoms with van der Waals surface area (Å²) in [6, 6.07) is 14.3. The lowest BCUT2D eigenvalue weighted by molar-refractivity contribution is 0.0951. The highest BCUT2D eigenvalue weighted by molar-refractivity contribution is 7.91. The number of hydrogen-bond donors (Lipinski definition) is 1. The first kappa shape index (κ1) is 19.1. The molecular weight excluding hydrogens is 348 g/mol. The first-order valence-electron chi connectivity index (χ1n) is 7.81. The van der Waals surface area contributed by atoms with E-state index < -0.39 is 20.5 Å². The summed E-state index contributed by atoms with van der Waals surface area (Å²) in [6.45, 7) is 2.45. The number of alkyl halides is 2. The van der Waals surface area contributed by atoms with Crippen LogP contribution in [0.4, 0.5) is 8.78 Å². The van der Waals surface area contributed by atoms with Crippen LogP contribution in [-0.2, 0) is 9.84 Å². The van der Waals surface area contributed by atoms with Gasteiger partial charge < -0.3 is 5.32 Å². The maximum Gasteiger partial charge on any atom is 0.341 e. The second-order valence-electron chi connectivity index (χ2n) is 5.56. The highest BCUT2D eigenvalue weighted by Gasteiger charge is 2.26. The molecule has 0 spiro atoms. The first-order valence-corrected chi connectivity index (χ1v) is 9.36. The number of hydrogen-bond acceptors (Lipinski definition) is 3. The van der Waals surface area contributed by atoms with Gasteiger partial charge >= 0.3 is 5.76 Å². The summed E-state index contributed by atoms with van der Waals surface area (Å²) in [5, 5.41) is 2.79. The van der Waals surface area contributed by atoms with Crippen LogP contribution in [0.15, 0.2) is 59.5 Å². The van der Waals surface area contributed by atoms with E-state index >= 15 is 0 Å². The molecule has 0 aliphatic carbocycles. The Hall–Kier alpha value is -2.28. The number of halogens is 2.